The molecule has 1 atom stereocenters. The van der Waals surface area contributed by atoms with Gasteiger partial charge in [0.2, 0.25) is 5.91 Å². The minimum absolute atomic E-state index is 0.131. The zero-order valence-electron chi connectivity index (χ0n) is 13.0. The van der Waals surface area contributed by atoms with Crippen molar-refractivity contribution < 1.29 is 4.79 Å². The van der Waals surface area contributed by atoms with Crippen LogP contribution in [0.3, 0.4) is 0 Å². The van der Waals surface area contributed by atoms with Gasteiger partial charge in [-0.2, -0.15) is 5.10 Å². The average molecular weight is 377 g/mol. The number of nitrogens with zero attached hydrogens (tertiary/aromatic N) is 2. The van der Waals surface area contributed by atoms with Gasteiger partial charge in [-0.15, -0.1) is 0 Å². The van der Waals surface area contributed by atoms with Crippen LogP contribution >= 0.6 is 15.9 Å². The highest BCUT2D eigenvalue weighted by Gasteiger charge is 2.19. The summed E-state index contributed by atoms with van der Waals surface area (Å²) >= 11 is 3.43. The molecule has 1 amide bonds. The molecule has 1 fully saturated rings. The van der Waals surface area contributed by atoms with Gasteiger partial charge in [-0.3, -0.25) is 4.79 Å². The number of aromatic nitrogens is 2. The lowest BCUT2D eigenvalue weighted by atomic mass is 10.00. The molecule has 0 saturated carbocycles. The Balaban J connectivity index is 1.56. The topological polar surface area (TPSA) is 59.0 Å². The number of rotatable bonds is 4. The summed E-state index contributed by atoms with van der Waals surface area (Å²) in [7, 11) is 0. The van der Waals surface area contributed by atoms with Gasteiger partial charge in [0.25, 0.3) is 0 Å². The number of benzene rings is 1. The average Bonchev–Trinajstić information content (AvgIpc) is 2.86. The maximum absolute atomic E-state index is 12.3. The largest absolute Gasteiger partial charge is 0.352 e. The zero-order valence-corrected chi connectivity index (χ0v) is 14.6. The normalized spacial score (nSPS) is 18.4. The predicted octanol–water partition coefficient (Wildman–Crippen LogP) is 2.64. The van der Waals surface area contributed by atoms with Crippen molar-refractivity contribution >= 4 is 21.8 Å². The first kappa shape index (κ1) is 16.2. The van der Waals surface area contributed by atoms with Crippen LogP contribution in [0.25, 0.3) is 5.69 Å². The van der Waals surface area contributed by atoms with Crippen LogP contribution in [0.1, 0.15) is 24.8 Å². The molecular weight excluding hydrogens is 356 g/mol. The van der Waals surface area contributed by atoms with E-state index in [4.69, 9.17) is 0 Å². The third-order valence-corrected chi connectivity index (χ3v) is 4.67. The van der Waals surface area contributed by atoms with Gasteiger partial charge in [-0.1, -0.05) is 15.9 Å². The minimum Gasteiger partial charge on any atom is -0.352 e. The molecule has 1 aliphatic heterocycles. The molecule has 2 heterocycles. The Morgan fingerprint density at radius 1 is 1.30 bits per heavy atom. The van der Waals surface area contributed by atoms with Gasteiger partial charge in [0.05, 0.1) is 11.9 Å². The van der Waals surface area contributed by atoms with Crippen LogP contribution in [-0.4, -0.2) is 28.8 Å². The summed E-state index contributed by atoms with van der Waals surface area (Å²) in [5.74, 6) is 0.289. The first-order valence-corrected chi connectivity index (χ1v) is 8.79. The molecule has 2 aromatic rings. The van der Waals surface area contributed by atoms with Gasteiger partial charge in [-0.05, 0) is 56.6 Å². The summed E-state index contributed by atoms with van der Waals surface area (Å²) in [6.07, 6.45) is 6.72. The molecule has 6 heteroatoms. The highest BCUT2D eigenvalue weighted by atomic mass is 79.9. The molecule has 3 rings (SSSR count). The molecule has 2 N–H and O–H groups in total. The number of carbonyl (C=O) groups is 1. The van der Waals surface area contributed by atoms with Crippen molar-refractivity contribution in [2.45, 2.75) is 25.8 Å². The van der Waals surface area contributed by atoms with E-state index in [2.05, 4.69) is 31.7 Å². The Bertz CT molecular complexity index is 645. The summed E-state index contributed by atoms with van der Waals surface area (Å²) in [4.78, 5) is 12.3. The Morgan fingerprint density at radius 3 is 2.96 bits per heavy atom. The van der Waals surface area contributed by atoms with E-state index in [1.54, 1.807) is 6.20 Å². The van der Waals surface area contributed by atoms with Crippen molar-refractivity contribution in [3.63, 3.8) is 0 Å². The molecule has 23 heavy (non-hydrogen) atoms. The second-order valence-corrected chi connectivity index (χ2v) is 6.78. The van der Waals surface area contributed by atoms with E-state index >= 15 is 0 Å². The third kappa shape index (κ3) is 4.42. The molecule has 0 radical (unpaired) electrons. The van der Waals surface area contributed by atoms with Crippen LogP contribution in [0.5, 0.6) is 0 Å². The maximum atomic E-state index is 12.3. The van der Waals surface area contributed by atoms with Crippen LogP contribution < -0.4 is 10.6 Å². The lowest BCUT2D eigenvalue weighted by molar-refractivity contribution is -0.125. The highest BCUT2D eigenvalue weighted by Crippen LogP contribution is 2.15. The van der Waals surface area contributed by atoms with Crippen LogP contribution in [0.2, 0.25) is 0 Å². The molecule has 1 aromatic carbocycles. The summed E-state index contributed by atoms with van der Waals surface area (Å²) in [5, 5.41) is 10.7. The molecule has 1 saturated heterocycles. The molecule has 0 aliphatic carbocycles. The molecule has 0 spiro atoms. The molecule has 1 unspecified atom stereocenters. The second-order valence-electron chi connectivity index (χ2n) is 5.87. The van der Waals surface area contributed by atoms with E-state index < -0.39 is 0 Å². The Labute approximate surface area is 144 Å². The Hall–Kier alpha value is -1.66. The lowest BCUT2D eigenvalue weighted by Gasteiger charge is -2.13. The standard InChI is InChI=1S/C17H21BrN4O/c18-15-3-5-16(6-4-15)22-12-13(11-21-22)10-20-17(23)14-2-1-8-19-9-7-14/h3-6,11-12,14,19H,1-2,7-10H2,(H,20,23). The number of carbonyl (C=O) groups excluding carboxylic acids is 1. The van der Waals surface area contributed by atoms with Crippen molar-refractivity contribution in [3.8, 4) is 5.69 Å². The van der Waals surface area contributed by atoms with E-state index in [0.717, 1.165) is 48.1 Å². The first-order chi connectivity index (χ1) is 11.2. The Morgan fingerprint density at radius 2 is 2.13 bits per heavy atom. The SMILES string of the molecule is O=C(NCc1cnn(-c2ccc(Br)cc2)c1)C1CCCNCC1. The summed E-state index contributed by atoms with van der Waals surface area (Å²) in [6.45, 7) is 2.47. The molecular formula is C17H21BrN4O. The van der Waals surface area contributed by atoms with Gasteiger partial charge >= 0.3 is 0 Å². The van der Waals surface area contributed by atoms with Gasteiger partial charge in [0.15, 0.2) is 0 Å². The van der Waals surface area contributed by atoms with Crippen molar-refractivity contribution in [2.24, 2.45) is 5.92 Å². The molecule has 1 aliphatic rings. The summed E-state index contributed by atoms with van der Waals surface area (Å²) in [6, 6.07) is 7.97. The molecule has 5 nitrogen and oxygen atoms in total. The van der Waals surface area contributed by atoms with Gasteiger partial charge in [0.1, 0.15) is 0 Å². The monoisotopic (exact) mass is 376 g/mol. The van der Waals surface area contributed by atoms with Crippen LogP contribution in [-0.2, 0) is 11.3 Å². The quantitative estimate of drug-likeness (QED) is 0.861. The first-order valence-electron chi connectivity index (χ1n) is 8.00. The molecule has 0 bridgehead atoms. The predicted molar refractivity (Wildman–Crippen MR) is 93.3 cm³/mol. The maximum Gasteiger partial charge on any atom is 0.223 e. The van der Waals surface area contributed by atoms with Crippen molar-refractivity contribution in [1.82, 2.24) is 20.4 Å². The van der Waals surface area contributed by atoms with Crippen LogP contribution in [0.15, 0.2) is 41.1 Å². The third-order valence-electron chi connectivity index (χ3n) is 4.14. The van der Waals surface area contributed by atoms with E-state index in [-0.39, 0.29) is 11.8 Å². The summed E-state index contributed by atoms with van der Waals surface area (Å²) in [5.41, 5.74) is 2.01. The number of amides is 1. The van der Waals surface area contributed by atoms with Crippen LogP contribution in [0.4, 0.5) is 0 Å². The number of nitrogens with one attached hydrogen (secondary N) is 2. The van der Waals surface area contributed by atoms with Crippen LogP contribution in [0, 0.1) is 5.92 Å². The smallest absolute Gasteiger partial charge is 0.223 e. The van der Waals surface area contributed by atoms with Gasteiger partial charge < -0.3 is 10.6 Å². The zero-order chi connectivity index (χ0) is 16.1. The van der Waals surface area contributed by atoms with E-state index in [1.807, 2.05) is 35.1 Å². The fourth-order valence-electron chi connectivity index (χ4n) is 2.80. The van der Waals surface area contributed by atoms with Crippen molar-refractivity contribution in [1.29, 1.82) is 0 Å². The van der Waals surface area contributed by atoms with Gasteiger partial charge in [0, 0.05) is 28.7 Å². The number of halogens is 1. The van der Waals surface area contributed by atoms with Gasteiger partial charge in [-0.25, -0.2) is 4.68 Å². The Kier molecular flexibility index (Phi) is 5.46. The molecule has 122 valence electrons. The fraction of sp³-hybridized carbons (Fsp3) is 0.412. The second kappa shape index (κ2) is 7.75. The van der Waals surface area contributed by atoms with E-state index in [0.29, 0.717) is 6.54 Å². The number of hydrogen-bond acceptors (Lipinski definition) is 3. The minimum atomic E-state index is 0.131. The van der Waals surface area contributed by atoms with Crippen molar-refractivity contribution in [3.05, 3.63) is 46.7 Å². The summed E-state index contributed by atoms with van der Waals surface area (Å²) < 4.78 is 2.86. The highest BCUT2D eigenvalue weighted by molar-refractivity contribution is 9.10. The lowest BCUT2D eigenvalue weighted by Crippen LogP contribution is -2.30. The van der Waals surface area contributed by atoms with Crippen molar-refractivity contribution in [2.75, 3.05) is 13.1 Å². The number of hydrogen-bond donors (Lipinski definition) is 2. The molecule has 1 aromatic heterocycles. The fourth-order valence-corrected chi connectivity index (χ4v) is 3.07. The van der Waals surface area contributed by atoms with E-state index in [9.17, 15) is 4.79 Å². The van der Waals surface area contributed by atoms with E-state index in [1.165, 1.54) is 0 Å².